The van der Waals surface area contributed by atoms with E-state index in [1.54, 1.807) is 0 Å². The Balaban J connectivity index is 2.18. The van der Waals surface area contributed by atoms with Crippen LogP contribution in [0.25, 0.3) is 0 Å². The third-order valence-electron chi connectivity index (χ3n) is 3.76. The molecule has 1 aliphatic rings. The summed E-state index contributed by atoms with van der Waals surface area (Å²) in [6.45, 7) is 11.3. The zero-order valence-corrected chi connectivity index (χ0v) is 13.6. The number of rotatable bonds is 7. The topological polar surface area (TPSA) is 63.2 Å². The fourth-order valence-electron chi connectivity index (χ4n) is 2.08. The second-order valence-electron chi connectivity index (χ2n) is 5.93. The Morgan fingerprint density at radius 2 is 1.86 bits per heavy atom. The summed E-state index contributed by atoms with van der Waals surface area (Å²) in [7, 11) is 0. The van der Waals surface area contributed by atoms with Crippen molar-refractivity contribution in [3.63, 3.8) is 0 Å². The third kappa shape index (κ3) is 4.44. The van der Waals surface area contributed by atoms with E-state index in [-0.39, 0.29) is 6.10 Å². The smallest absolute Gasteiger partial charge is 0.323 e. The van der Waals surface area contributed by atoms with Gasteiger partial charge in [-0.25, -0.2) is 0 Å². The highest BCUT2D eigenvalue weighted by Crippen LogP contribution is 2.20. The molecule has 2 heterocycles. The van der Waals surface area contributed by atoms with Gasteiger partial charge in [0.15, 0.2) is 0 Å². The van der Waals surface area contributed by atoms with E-state index < -0.39 is 0 Å². The van der Waals surface area contributed by atoms with Gasteiger partial charge in [-0.1, -0.05) is 20.8 Å². The van der Waals surface area contributed by atoms with Crippen molar-refractivity contribution in [2.45, 2.75) is 53.1 Å². The van der Waals surface area contributed by atoms with Gasteiger partial charge in [-0.2, -0.15) is 15.0 Å². The highest BCUT2D eigenvalue weighted by molar-refractivity contribution is 5.39. The molecular weight excluding hydrogens is 266 g/mol. The standard InChI is InChI=1S/C15H27N5O/c1-5-8-16-13-17-14(20-9-6-7-10-20)19-15(18-13)21-12(4)11(2)3/h11-12H,5-10H2,1-4H3,(H,16,17,18,19). The van der Waals surface area contributed by atoms with Crippen LogP contribution in [0.5, 0.6) is 6.01 Å². The Morgan fingerprint density at radius 3 is 2.48 bits per heavy atom. The number of nitrogens with zero attached hydrogens (tertiary/aromatic N) is 4. The lowest BCUT2D eigenvalue weighted by Gasteiger charge is -2.20. The molecule has 21 heavy (non-hydrogen) atoms. The van der Waals surface area contributed by atoms with E-state index in [0.29, 0.717) is 17.9 Å². The minimum Gasteiger partial charge on any atom is -0.460 e. The van der Waals surface area contributed by atoms with Gasteiger partial charge in [0.05, 0.1) is 0 Å². The van der Waals surface area contributed by atoms with Crippen molar-refractivity contribution in [2.24, 2.45) is 5.92 Å². The highest BCUT2D eigenvalue weighted by atomic mass is 16.5. The summed E-state index contributed by atoms with van der Waals surface area (Å²) < 4.78 is 5.87. The summed E-state index contributed by atoms with van der Waals surface area (Å²) in [6, 6.07) is 0.423. The van der Waals surface area contributed by atoms with Crippen LogP contribution in [-0.2, 0) is 0 Å². The number of aromatic nitrogens is 3. The maximum Gasteiger partial charge on any atom is 0.323 e. The summed E-state index contributed by atoms with van der Waals surface area (Å²) in [6.07, 6.45) is 3.51. The second kappa shape index (κ2) is 7.43. The van der Waals surface area contributed by atoms with Crippen molar-refractivity contribution in [1.82, 2.24) is 15.0 Å². The van der Waals surface area contributed by atoms with Crippen LogP contribution in [-0.4, -0.2) is 40.7 Å². The van der Waals surface area contributed by atoms with Crippen LogP contribution in [0.15, 0.2) is 0 Å². The average Bonchev–Trinajstić information content (AvgIpc) is 2.99. The summed E-state index contributed by atoms with van der Waals surface area (Å²) >= 11 is 0. The molecule has 1 aromatic heterocycles. The Kier molecular flexibility index (Phi) is 5.59. The van der Waals surface area contributed by atoms with Crippen LogP contribution in [0.3, 0.4) is 0 Å². The largest absolute Gasteiger partial charge is 0.460 e. The minimum atomic E-state index is 0.0813. The fourth-order valence-corrected chi connectivity index (χ4v) is 2.08. The lowest BCUT2D eigenvalue weighted by molar-refractivity contribution is 0.156. The molecular formula is C15H27N5O. The monoisotopic (exact) mass is 293 g/mol. The van der Waals surface area contributed by atoms with Gasteiger partial charge >= 0.3 is 6.01 Å². The number of nitrogens with one attached hydrogen (secondary N) is 1. The molecule has 0 amide bonds. The molecule has 0 saturated carbocycles. The summed E-state index contributed by atoms with van der Waals surface area (Å²) in [5.74, 6) is 1.76. The fraction of sp³-hybridized carbons (Fsp3) is 0.800. The second-order valence-corrected chi connectivity index (χ2v) is 5.93. The van der Waals surface area contributed by atoms with Crippen molar-refractivity contribution >= 4 is 11.9 Å². The van der Waals surface area contributed by atoms with Crippen LogP contribution in [0, 0.1) is 5.92 Å². The molecule has 1 saturated heterocycles. The molecule has 1 N–H and O–H groups in total. The third-order valence-corrected chi connectivity index (χ3v) is 3.76. The lowest BCUT2D eigenvalue weighted by Crippen LogP contribution is -2.24. The van der Waals surface area contributed by atoms with Crippen LogP contribution in [0.1, 0.15) is 47.0 Å². The van der Waals surface area contributed by atoms with Gasteiger partial charge in [0.25, 0.3) is 0 Å². The molecule has 2 rings (SSSR count). The first-order chi connectivity index (χ1) is 10.1. The quantitative estimate of drug-likeness (QED) is 0.834. The predicted octanol–water partition coefficient (Wildman–Crippen LogP) is 2.72. The molecule has 0 aliphatic carbocycles. The Bertz CT molecular complexity index is 446. The predicted molar refractivity (Wildman–Crippen MR) is 85.0 cm³/mol. The van der Waals surface area contributed by atoms with Crippen LogP contribution >= 0.6 is 0 Å². The van der Waals surface area contributed by atoms with E-state index in [2.05, 4.69) is 45.9 Å². The normalized spacial score (nSPS) is 16.3. The van der Waals surface area contributed by atoms with Crippen molar-refractivity contribution < 1.29 is 4.74 Å². The van der Waals surface area contributed by atoms with E-state index in [0.717, 1.165) is 32.0 Å². The van der Waals surface area contributed by atoms with Crippen molar-refractivity contribution in [2.75, 3.05) is 29.9 Å². The molecule has 0 bridgehead atoms. The van der Waals surface area contributed by atoms with Gasteiger partial charge in [0, 0.05) is 19.6 Å². The Labute approximate surface area is 127 Å². The Hall–Kier alpha value is -1.59. The van der Waals surface area contributed by atoms with E-state index in [1.807, 2.05) is 6.92 Å². The summed E-state index contributed by atoms with van der Waals surface area (Å²) in [5, 5.41) is 3.23. The zero-order valence-electron chi connectivity index (χ0n) is 13.6. The molecule has 1 aliphatic heterocycles. The molecule has 1 unspecified atom stereocenters. The average molecular weight is 293 g/mol. The van der Waals surface area contributed by atoms with E-state index in [9.17, 15) is 0 Å². The van der Waals surface area contributed by atoms with Gasteiger partial charge in [-0.3, -0.25) is 0 Å². The molecule has 0 aromatic carbocycles. The van der Waals surface area contributed by atoms with Crippen molar-refractivity contribution in [3.8, 4) is 6.01 Å². The van der Waals surface area contributed by atoms with Crippen molar-refractivity contribution in [3.05, 3.63) is 0 Å². The molecule has 0 spiro atoms. The van der Waals surface area contributed by atoms with E-state index >= 15 is 0 Å². The van der Waals surface area contributed by atoms with Crippen molar-refractivity contribution in [1.29, 1.82) is 0 Å². The van der Waals surface area contributed by atoms with E-state index in [4.69, 9.17) is 4.74 Å². The number of ether oxygens (including phenoxy) is 1. The molecule has 118 valence electrons. The molecule has 0 radical (unpaired) electrons. The first-order valence-electron chi connectivity index (χ1n) is 8.01. The highest BCUT2D eigenvalue weighted by Gasteiger charge is 2.19. The minimum absolute atomic E-state index is 0.0813. The van der Waals surface area contributed by atoms with Crippen LogP contribution < -0.4 is 15.0 Å². The van der Waals surface area contributed by atoms with Gasteiger partial charge in [0.2, 0.25) is 11.9 Å². The molecule has 1 aromatic rings. The molecule has 1 atom stereocenters. The SMILES string of the molecule is CCCNc1nc(OC(C)C(C)C)nc(N2CCCC2)n1. The van der Waals surface area contributed by atoms with Gasteiger partial charge in [0.1, 0.15) is 6.10 Å². The van der Waals surface area contributed by atoms with Gasteiger partial charge < -0.3 is 15.0 Å². The molecule has 6 heteroatoms. The first kappa shape index (κ1) is 15.8. The van der Waals surface area contributed by atoms with Crippen LogP contribution in [0.4, 0.5) is 11.9 Å². The summed E-state index contributed by atoms with van der Waals surface area (Å²) in [5.41, 5.74) is 0. The first-order valence-corrected chi connectivity index (χ1v) is 8.01. The van der Waals surface area contributed by atoms with Gasteiger partial charge in [-0.05, 0) is 32.1 Å². The number of hydrogen-bond acceptors (Lipinski definition) is 6. The Morgan fingerprint density at radius 1 is 1.14 bits per heavy atom. The molecule has 6 nitrogen and oxygen atoms in total. The van der Waals surface area contributed by atoms with E-state index in [1.165, 1.54) is 12.8 Å². The number of hydrogen-bond donors (Lipinski definition) is 1. The maximum absolute atomic E-state index is 5.87. The summed E-state index contributed by atoms with van der Waals surface area (Å²) in [4.78, 5) is 15.6. The number of anilines is 2. The van der Waals surface area contributed by atoms with Gasteiger partial charge in [-0.15, -0.1) is 0 Å². The van der Waals surface area contributed by atoms with Crippen LogP contribution in [0.2, 0.25) is 0 Å². The lowest BCUT2D eigenvalue weighted by atomic mass is 10.1. The zero-order chi connectivity index (χ0) is 15.2. The maximum atomic E-state index is 5.87. The molecule has 1 fully saturated rings.